The number of amides is 2. The summed E-state index contributed by atoms with van der Waals surface area (Å²) < 4.78 is 32.5. The number of carboxylic acids is 1. The number of benzene rings is 3. The highest BCUT2D eigenvalue weighted by Gasteiger charge is 2.35. The van der Waals surface area contributed by atoms with Crippen molar-refractivity contribution in [2.24, 2.45) is 11.1 Å². The van der Waals surface area contributed by atoms with Crippen molar-refractivity contribution in [3.63, 3.8) is 0 Å². The molecule has 3 aromatic rings. The lowest BCUT2D eigenvalue weighted by molar-refractivity contribution is -0.146. The number of nitrogens with zero attached hydrogens (tertiary/aromatic N) is 2. The van der Waals surface area contributed by atoms with Gasteiger partial charge in [-0.3, -0.25) is 14.5 Å². The number of hydrogen-bond donors (Lipinski definition) is 1. The van der Waals surface area contributed by atoms with Gasteiger partial charge in [0.15, 0.2) is 17.4 Å². The topological polar surface area (TPSA) is 106 Å². The Hall–Kier alpha value is -4.31. The molecule has 0 spiro atoms. The fourth-order valence-electron chi connectivity index (χ4n) is 5.04. The van der Waals surface area contributed by atoms with Crippen LogP contribution >= 0.6 is 11.6 Å². The molecule has 226 valence electrons. The second-order valence-corrected chi connectivity index (χ2v) is 10.7. The Morgan fingerprint density at radius 1 is 1.09 bits per heavy atom. The van der Waals surface area contributed by atoms with Crippen LogP contribution < -0.4 is 9.57 Å². The van der Waals surface area contributed by atoms with Gasteiger partial charge in [-0.1, -0.05) is 35.8 Å². The molecule has 0 radical (unpaired) electrons. The number of hydrogen-bond acceptors (Lipinski definition) is 6. The maximum Gasteiger partial charge on any atom is 0.335 e. The summed E-state index contributed by atoms with van der Waals surface area (Å²) >= 11 is 6.22. The van der Waals surface area contributed by atoms with Gasteiger partial charge in [0.05, 0.1) is 24.9 Å². The van der Waals surface area contributed by atoms with Gasteiger partial charge < -0.3 is 14.7 Å². The van der Waals surface area contributed by atoms with Crippen LogP contribution in [-0.4, -0.2) is 47.2 Å². The van der Waals surface area contributed by atoms with Gasteiger partial charge in [0.1, 0.15) is 5.75 Å². The summed E-state index contributed by atoms with van der Waals surface area (Å²) in [6, 6.07) is 14.4. The van der Waals surface area contributed by atoms with Crippen molar-refractivity contribution in [3.8, 4) is 11.5 Å². The van der Waals surface area contributed by atoms with Crippen LogP contribution in [0.1, 0.15) is 60.0 Å². The predicted octanol–water partition coefficient (Wildman–Crippen LogP) is 6.65. The summed E-state index contributed by atoms with van der Waals surface area (Å²) in [7, 11) is 1.52. The summed E-state index contributed by atoms with van der Waals surface area (Å²) in [5.41, 5.74) is 2.00. The van der Waals surface area contributed by atoms with E-state index in [1.807, 2.05) is 6.92 Å². The first-order valence-corrected chi connectivity index (χ1v) is 14.1. The Morgan fingerprint density at radius 3 is 2.49 bits per heavy atom. The van der Waals surface area contributed by atoms with Crippen molar-refractivity contribution in [2.45, 2.75) is 44.9 Å². The predicted molar refractivity (Wildman–Crippen MR) is 157 cm³/mol. The highest BCUT2D eigenvalue weighted by Crippen LogP contribution is 2.31. The van der Waals surface area contributed by atoms with Gasteiger partial charge in [-0.2, -0.15) is 0 Å². The fraction of sp³-hybridized carbons (Fsp3) is 0.312. The second-order valence-electron chi connectivity index (χ2n) is 10.3. The number of halogens is 3. The van der Waals surface area contributed by atoms with Crippen molar-refractivity contribution in [3.05, 3.63) is 94.0 Å². The lowest BCUT2D eigenvalue weighted by Crippen LogP contribution is -2.42. The van der Waals surface area contributed by atoms with E-state index in [0.29, 0.717) is 41.3 Å². The molecule has 0 aromatic heterocycles. The Bertz CT molecular complexity index is 1530. The highest BCUT2D eigenvalue weighted by molar-refractivity contribution is 6.30. The molecule has 3 aromatic carbocycles. The number of rotatable bonds is 10. The maximum absolute atomic E-state index is 13.9. The van der Waals surface area contributed by atoms with E-state index in [9.17, 15) is 28.3 Å². The molecule has 1 N–H and O–H groups in total. The number of carboxylic acid groups (broad SMARTS) is 1. The van der Waals surface area contributed by atoms with Crippen molar-refractivity contribution in [1.29, 1.82) is 0 Å². The van der Waals surface area contributed by atoms with Crippen LogP contribution in [0, 0.1) is 17.6 Å². The summed E-state index contributed by atoms with van der Waals surface area (Å²) in [6.07, 6.45) is 1.48. The van der Waals surface area contributed by atoms with Gasteiger partial charge in [-0.25, -0.2) is 13.6 Å². The maximum atomic E-state index is 13.9. The first-order chi connectivity index (χ1) is 20.6. The number of imide groups is 1. The van der Waals surface area contributed by atoms with Gasteiger partial charge in [0.25, 0.3) is 0 Å². The van der Waals surface area contributed by atoms with Crippen molar-refractivity contribution in [1.82, 2.24) is 4.90 Å². The molecule has 8 nitrogen and oxygen atoms in total. The zero-order chi connectivity index (χ0) is 31.1. The number of carbonyl (C=O) groups excluding carboxylic acids is 2. The third-order valence-electron chi connectivity index (χ3n) is 7.46. The Kier molecular flexibility index (Phi) is 10.5. The molecule has 11 heteroatoms. The van der Waals surface area contributed by atoms with Crippen molar-refractivity contribution >= 4 is 35.1 Å². The molecule has 1 saturated heterocycles. The highest BCUT2D eigenvalue weighted by atomic mass is 35.5. The van der Waals surface area contributed by atoms with E-state index in [1.165, 1.54) is 25.3 Å². The quantitative estimate of drug-likeness (QED) is 0.257. The third kappa shape index (κ3) is 7.95. The Labute approximate surface area is 252 Å². The third-order valence-corrected chi connectivity index (χ3v) is 7.70. The molecule has 1 aliphatic heterocycles. The van der Waals surface area contributed by atoms with Gasteiger partial charge >= 0.3 is 5.97 Å². The normalized spacial score (nSPS) is 17.0. The lowest BCUT2D eigenvalue weighted by atomic mass is 9.91. The van der Waals surface area contributed by atoms with E-state index in [0.717, 1.165) is 22.6 Å². The van der Waals surface area contributed by atoms with E-state index in [4.69, 9.17) is 21.2 Å². The van der Waals surface area contributed by atoms with Gasteiger partial charge in [0, 0.05) is 23.4 Å². The van der Waals surface area contributed by atoms with Crippen LogP contribution in [0.25, 0.3) is 0 Å². The number of ether oxygens (including phenoxy) is 1. The zero-order valence-corrected chi connectivity index (χ0v) is 24.4. The standard InChI is InChI=1S/C32H31ClF2N2O6/c1-3-19(20-4-6-21(7-5-20)32(40)41)16-30(38)37-18-25(36-43-26-11-12-27(34)28(35)17-26)10-8-22(31(37)39)14-23-15-24(33)9-13-29(23)42-2/h4-7,9,11-13,15,17,19,22H,3,8,10,14,16,18H2,1-2H3,(H,40,41)/b36-25+/t19-,22?/m0/s1. The number of methoxy groups -OCH3 is 1. The van der Waals surface area contributed by atoms with E-state index < -0.39 is 29.4 Å². The monoisotopic (exact) mass is 612 g/mol. The molecular weight excluding hydrogens is 582 g/mol. The molecule has 0 saturated carbocycles. The van der Waals surface area contributed by atoms with Gasteiger partial charge in [0.2, 0.25) is 11.8 Å². The molecule has 1 aliphatic rings. The SMILES string of the molecule is CC[C@@H](CC(=O)N1C/C(=N/Oc2ccc(F)c(F)c2)CCC(Cc2cc(Cl)ccc2OC)C1=O)c1ccc(C(=O)O)cc1. The molecule has 0 bridgehead atoms. The Morgan fingerprint density at radius 2 is 1.84 bits per heavy atom. The van der Waals surface area contributed by atoms with Crippen LogP contribution in [0.5, 0.6) is 11.5 Å². The van der Waals surface area contributed by atoms with Crippen LogP contribution in [0.15, 0.2) is 65.8 Å². The van der Waals surface area contributed by atoms with E-state index >= 15 is 0 Å². The second kappa shape index (κ2) is 14.2. The summed E-state index contributed by atoms with van der Waals surface area (Å²) in [4.78, 5) is 45.4. The molecule has 1 heterocycles. The minimum absolute atomic E-state index is 0.000819. The first kappa shape index (κ1) is 31.6. The summed E-state index contributed by atoms with van der Waals surface area (Å²) in [5, 5.41) is 13.8. The molecule has 1 unspecified atom stereocenters. The molecule has 4 rings (SSSR count). The van der Waals surface area contributed by atoms with Gasteiger partial charge in [-0.15, -0.1) is 0 Å². The summed E-state index contributed by atoms with van der Waals surface area (Å²) in [6.45, 7) is 1.77. The largest absolute Gasteiger partial charge is 0.496 e. The van der Waals surface area contributed by atoms with Crippen LogP contribution in [0.4, 0.5) is 8.78 Å². The number of oxime groups is 1. The first-order valence-electron chi connectivity index (χ1n) is 13.8. The number of likely N-dealkylation sites (tertiary alicyclic amines) is 1. The van der Waals surface area contributed by atoms with E-state index in [-0.39, 0.29) is 42.5 Å². The average Bonchev–Trinajstić information content (AvgIpc) is 3.15. The van der Waals surface area contributed by atoms with Crippen molar-refractivity contribution in [2.75, 3.05) is 13.7 Å². The fourth-order valence-corrected chi connectivity index (χ4v) is 5.23. The minimum Gasteiger partial charge on any atom is -0.496 e. The summed E-state index contributed by atoms with van der Waals surface area (Å²) in [5.74, 6) is -4.33. The van der Waals surface area contributed by atoms with E-state index in [1.54, 1.807) is 30.3 Å². The molecule has 2 amide bonds. The molecule has 2 atom stereocenters. The molecule has 0 aliphatic carbocycles. The smallest absolute Gasteiger partial charge is 0.335 e. The molecule has 1 fully saturated rings. The number of carbonyl (C=O) groups is 3. The number of aromatic carboxylic acids is 1. The van der Waals surface area contributed by atoms with Crippen LogP contribution in [0.2, 0.25) is 5.02 Å². The molecular formula is C32H31ClF2N2O6. The van der Waals surface area contributed by atoms with Crippen LogP contribution in [-0.2, 0) is 16.0 Å². The van der Waals surface area contributed by atoms with E-state index in [2.05, 4.69) is 5.16 Å². The van der Waals surface area contributed by atoms with Crippen LogP contribution in [0.3, 0.4) is 0 Å². The Balaban J connectivity index is 1.61. The minimum atomic E-state index is -1.09. The van der Waals surface area contributed by atoms with Crippen molar-refractivity contribution < 1.29 is 37.8 Å². The average molecular weight is 613 g/mol. The lowest BCUT2D eigenvalue weighted by Gasteiger charge is -2.25. The molecule has 43 heavy (non-hydrogen) atoms. The van der Waals surface area contributed by atoms with Gasteiger partial charge in [-0.05, 0) is 85.2 Å². The zero-order valence-electron chi connectivity index (χ0n) is 23.7.